The minimum Gasteiger partial charge on any atom is -0.378 e. The highest BCUT2D eigenvalue weighted by molar-refractivity contribution is 5.96. The minimum absolute atomic E-state index is 0.0434. The second kappa shape index (κ2) is 11.3. The molecule has 0 spiro atoms. The van der Waals surface area contributed by atoms with Crippen LogP contribution in [0.15, 0.2) is 30.5 Å². The lowest BCUT2D eigenvalue weighted by atomic mass is 9.86. The number of unbranched alkanes of at least 4 members (excludes halogenated alkanes) is 1. The van der Waals surface area contributed by atoms with Gasteiger partial charge < -0.3 is 20.7 Å². The minimum atomic E-state index is 0.0434. The van der Waals surface area contributed by atoms with Crippen LogP contribution in [0.2, 0.25) is 0 Å². The molecule has 0 unspecified atom stereocenters. The summed E-state index contributed by atoms with van der Waals surface area (Å²) >= 11 is 0. The van der Waals surface area contributed by atoms with Gasteiger partial charge >= 0.3 is 0 Å². The summed E-state index contributed by atoms with van der Waals surface area (Å²) in [6.45, 7) is 6.29. The van der Waals surface area contributed by atoms with Crippen LogP contribution in [0.5, 0.6) is 0 Å². The monoisotopic (exact) mass is 491 g/mol. The third-order valence-electron chi connectivity index (χ3n) is 7.33. The predicted octanol–water partition coefficient (Wildman–Crippen LogP) is 3.70. The Morgan fingerprint density at radius 2 is 1.89 bits per heavy atom. The number of aromatic nitrogens is 4. The smallest absolute Gasteiger partial charge is 0.254 e. The average Bonchev–Trinajstić information content (AvgIpc) is 3.28. The van der Waals surface area contributed by atoms with Gasteiger partial charge in [-0.3, -0.25) is 4.79 Å². The lowest BCUT2D eigenvalue weighted by Crippen LogP contribution is -2.40. The van der Waals surface area contributed by atoms with E-state index in [2.05, 4.69) is 17.2 Å². The fourth-order valence-corrected chi connectivity index (χ4v) is 5.10. The molecule has 2 aliphatic rings. The zero-order valence-electron chi connectivity index (χ0n) is 21.2. The van der Waals surface area contributed by atoms with Crippen LogP contribution >= 0.6 is 0 Å². The summed E-state index contributed by atoms with van der Waals surface area (Å²) in [7, 11) is 0. The molecule has 0 radical (unpaired) electrons. The highest BCUT2D eigenvalue weighted by Crippen LogP contribution is 2.31. The van der Waals surface area contributed by atoms with E-state index in [0.717, 1.165) is 73.9 Å². The van der Waals surface area contributed by atoms with Gasteiger partial charge in [-0.25, -0.2) is 9.67 Å². The van der Waals surface area contributed by atoms with Crippen LogP contribution in [0.25, 0.3) is 22.3 Å². The van der Waals surface area contributed by atoms with Crippen LogP contribution in [-0.2, 0) is 11.3 Å². The molecule has 36 heavy (non-hydrogen) atoms. The first kappa shape index (κ1) is 24.6. The van der Waals surface area contributed by atoms with Gasteiger partial charge in [0, 0.05) is 49.5 Å². The molecule has 1 saturated heterocycles. The van der Waals surface area contributed by atoms with Gasteiger partial charge in [-0.1, -0.05) is 25.5 Å². The number of hydrogen-bond donors (Lipinski definition) is 2. The number of amides is 1. The van der Waals surface area contributed by atoms with Crippen molar-refractivity contribution in [3.05, 3.63) is 36.0 Å². The summed E-state index contributed by atoms with van der Waals surface area (Å²) in [5.74, 6) is 1.23. The van der Waals surface area contributed by atoms with Gasteiger partial charge in [-0.05, 0) is 50.2 Å². The summed E-state index contributed by atoms with van der Waals surface area (Å²) in [6, 6.07) is 8.06. The summed E-state index contributed by atoms with van der Waals surface area (Å²) < 4.78 is 7.42. The highest BCUT2D eigenvalue weighted by Gasteiger charge is 2.23. The third kappa shape index (κ3) is 5.52. The molecule has 0 atom stereocenters. The zero-order valence-corrected chi connectivity index (χ0v) is 21.2. The second-order valence-corrected chi connectivity index (χ2v) is 10.0. The van der Waals surface area contributed by atoms with Crippen molar-refractivity contribution < 1.29 is 9.53 Å². The Hall–Kier alpha value is -3.04. The van der Waals surface area contributed by atoms with Gasteiger partial charge in [0.2, 0.25) is 5.95 Å². The van der Waals surface area contributed by atoms with Crippen LogP contribution in [-0.4, -0.2) is 69.4 Å². The molecule has 1 aliphatic heterocycles. The SMILES string of the molecule is CCCCNc1ncc2c(-c3ccc(C(=O)N4CCOCC4)cc3)nn(C[C@H]3CC[C@H](N)CC3)c2n1. The molecule has 1 saturated carbocycles. The number of carbonyl (C=O) groups is 1. The Kier molecular flexibility index (Phi) is 7.77. The van der Waals surface area contributed by atoms with Crippen molar-refractivity contribution >= 4 is 22.9 Å². The number of nitrogens with one attached hydrogen (secondary N) is 1. The van der Waals surface area contributed by atoms with Crippen molar-refractivity contribution in [1.82, 2.24) is 24.6 Å². The fraction of sp³-hybridized carbons (Fsp3) is 0.556. The van der Waals surface area contributed by atoms with Crippen molar-refractivity contribution in [2.75, 3.05) is 38.2 Å². The van der Waals surface area contributed by atoms with Crippen LogP contribution in [0, 0.1) is 5.92 Å². The van der Waals surface area contributed by atoms with Crippen molar-refractivity contribution in [2.45, 2.75) is 58.0 Å². The molecule has 3 aromatic rings. The first-order chi connectivity index (χ1) is 17.6. The molecule has 192 valence electrons. The van der Waals surface area contributed by atoms with Crippen molar-refractivity contribution in [1.29, 1.82) is 0 Å². The third-order valence-corrected chi connectivity index (χ3v) is 7.33. The molecule has 9 heteroatoms. The van der Waals surface area contributed by atoms with E-state index in [-0.39, 0.29) is 5.91 Å². The largest absolute Gasteiger partial charge is 0.378 e. The fourth-order valence-electron chi connectivity index (χ4n) is 5.10. The molecule has 2 fully saturated rings. The predicted molar refractivity (Wildman–Crippen MR) is 141 cm³/mol. The number of morpholine rings is 1. The van der Waals surface area contributed by atoms with E-state index in [0.29, 0.717) is 49.8 Å². The Morgan fingerprint density at radius 1 is 1.14 bits per heavy atom. The van der Waals surface area contributed by atoms with Gasteiger partial charge in [-0.2, -0.15) is 10.1 Å². The first-order valence-corrected chi connectivity index (χ1v) is 13.3. The summed E-state index contributed by atoms with van der Waals surface area (Å²) in [6.07, 6.45) is 8.42. The van der Waals surface area contributed by atoms with Crippen LogP contribution < -0.4 is 11.1 Å². The lowest BCUT2D eigenvalue weighted by molar-refractivity contribution is 0.0303. The summed E-state index contributed by atoms with van der Waals surface area (Å²) in [5.41, 5.74) is 9.47. The molecule has 1 amide bonds. The van der Waals surface area contributed by atoms with Crippen LogP contribution in [0.3, 0.4) is 0 Å². The Bertz CT molecular complexity index is 1160. The van der Waals surface area contributed by atoms with Crippen molar-refractivity contribution in [3.8, 4) is 11.3 Å². The van der Waals surface area contributed by atoms with E-state index in [1.165, 1.54) is 0 Å². The van der Waals surface area contributed by atoms with E-state index in [4.69, 9.17) is 20.6 Å². The average molecular weight is 492 g/mol. The molecule has 3 heterocycles. The highest BCUT2D eigenvalue weighted by atomic mass is 16.5. The number of nitrogens with zero attached hydrogens (tertiary/aromatic N) is 5. The Labute approximate surface area is 212 Å². The standard InChI is InChI=1S/C27H37N7O2/c1-2-3-12-29-27-30-17-23-24(32-34(25(23)31-27)18-19-4-10-22(28)11-5-19)20-6-8-21(9-7-20)26(35)33-13-15-36-16-14-33/h6-9,17,19,22H,2-5,10-16,18,28H2,1H3,(H,29,30,31)/t19-,22-. The molecular weight excluding hydrogens is 454 g/mol. The molecule has 1 aromatic carbocycles. The molecule has 0 bridgehead atoms. The second-order valence-electron chi connectivity index (χ2n) is 10.0. The quantitative estimate of drug-likeness (QED) is 0.462. The number of rotatable bonds is 8. The van der Waals surface area contributed by atoms with Crippen molar-refractivity contribution in [2.24, 2.45) is 11.7 Å². The topological polar surface area (TPSA) is 111 Å². The maximum Gasteiger partial charge on any atom is 0.254 e. The van der Waals surface area contributed by atoms with Gasteiger partial charge in [0.15, 0.2) is 5.65 Å². The molecule has 5 rings (SSSR count). The van der Waals surface area contributed by atoms with Gasteiger partial charge in [0.25, 0.3) is 5.91 Å². The molecule has 1 aliphatic carbocycles. The number of anilines is 1. The van der Waals surface area contributed by atoms with Gasteiger partial charge in [0.05, 0.1) is 18.6 Å². The maximum absolute atomic E-state index is 12.9. The maximum atomic E-state index is 12.9. The number of nitrogens with two attached hydrogens (primary N) is 1. The number of fused-ring (bicyclic) bond motifs is 1. The molecular formula is C27H37N7O2. The van der Waals surface area contributed by atoms with E-state index in [9.17, 15) is 4.79 Å². The van der Waals surface area contributed by atoms with E-state index in [1.54, 1.807) is 0 Å². The zero-order chi connectivity index (χ0) is 24.9. The summed E-state index contributed by atoms with van der Waals surface area (Å²) in [4.78, 5) is 24.2. The van der Waals surface area contributed by atoms with E-state index >= 15 is 0 Å². The normalized spacial score (nSPS) is 20.6. The Morgan fingerprint density at radius 3 is 2.61 bits per heavy atom. The van der Waals surface area contributed by atoms with E-state index in [1.807, 2.05) is 40.0 Å². The van der Waals surface area contributed by atoms with Crippen molar-refractivity contribution in [3.63, 3.8) is 0 Å². The molecule has 3 N–H and O–H groups in total. The van der Waals surface area contributed by atoms with E-state index < -0.39 is 0 Å². The number of carbonyl (C=O) groups excluding carboxylic acids is 1. The number of ether oxygens (including phenoxy) is 1. The number of benzene rings is 1. The summed E-state index contributed by atoms with van der Waals surface area (Å²) in [5, 5.41) is 9.29. The molecule has 2 aromatic heterocycles. The Balaban J connectivity index is 1.42. The number of hydrogen-bond acceptors (Lipinski definition) is 7. The lowest BCUT2D eigenvalue weighted by Gasteiger charge is -2.26. The van der Waals surface area contributed by atoms with Gasteiger partial charge in [-0.15, -0.1) is 0 Å². The first-order valence-electron chi connectivity index (χ1n) is 13.3. The van der Waals surface area contributed by atoms with Crippen LogP contribution in [0.1, 0.15) is 55.8 Å². The van der Waals surface area contributed by atoms with Gasteiger partial charge in [0.1, 0.15) is 5.69 Å². The van der Waals surface area contributed by atoms with Crippen LogP contribution in [0.4, 0.5) is 5.95 Å². The molecule has 9 nitrogen and oxygen atoms in total.